The van der Waals surface area contributed by atoms with Crippen LogP contribution in [0.4, 0.5) is 16.2 Å². The first kappa shape index (κ1) is 26.7. The fraction of sp³-hybridized carbons (Fsp3) is 0.481. The van der Waals surface area contributed by atoms with Crippen molar-refractivity contribution in [3.63, 3.8) is 0 Å². The number of rotatable bonds is 10. The molecule has 3 rings (SSSR count). The van der Waals surface area contributed by atoms with Crippen LogP contribution in [0, 0.1) is 11.1 Å². The second-order valence-electron chi connectivity index (χ2n) is 9.27. The number of likely N-dealkylation sites (N-methyl/N-ethyl adjacent to an activating group) is 1. The van der Waals surface area contributed by atoms with Crippen molar-refractivity contribution in [2.24, 2.45) is 5.92 Å². The zero-order valence-corrected chi connectivity index (χ0v) is 21.3. The maximum Gasteiger partial charge on any atom is 0.323 e. The summed E-state index contributed by atoms with van der Waals surface area (Å²) in [6.07, 6.45) is -0.463. The van der Waals surface area contributed by atoms with Gasteiger partial charge in [0.25, 0.3) is 5.91 Å². The Hall–Kier alpha value is -2.94. The zero-order valence-electron chi connectivity index (χ0n) is 21.3. The van der Waals surface area contributed by atoms with Crippen LogP contribution >= 0.6 is 0 Å². The first-order valence-corrected chi connectivity index (χ1v) is 12.5. The minimum absolute atomic E-state index is 0.0329. The van der Waals surface area contributed by atoms with Crippen LogP contribution in [-0.2, 0) is 11.3 Å². The molecular weight excluding hydrogens is 442 g/mol. The Morgan fingerprint density at radius 3 is 2.37 bits per heavy atom. The summed E-state index contributed by atoms with van der Waals surface area (Å²) in [5.41, 5.74) is 2.15. The van der Waals surface area contributed by atoms with Crippen molar-refractivity contribution in [3.8, 4) is 0 Å². The third-order valence-corrected chi connectivity index (χ3v) is 6.43. The lowest BCUT2D eigenvalue weighted by Gasteiger charge is -2.42. The van der Waals surface area contributed by atoms with Gasteiger partial charge in [0.2, 0.25) is 0 Å². The summed E-state index contributed by atoms with van der Waals surface area (Å²) in [5.74, 6) is 0.0218. The summed E-state index contributed by atoms with van der Waals surface area (Å²) in [5, 5.41) is 17.1. The van der Waals surface area contributed by atoms with E-state index < -0.39 is 12.2 Å². The molecule has 0 aromatic heterocycles. The Bertz CT molecular complexity index is 964. The molecule has 1 heterocycles. The molecule has 1 atom stereocenters. The molecule has 0 radical (unpaired) electrons. The van der Waals surface area contributed by atoms with Gasteiger partial charge in [-0.05, 0) is 49.2 Å². The monoisotopic (exact) mass is 480 g/mol. The van der Waals surface area contributed by atoms with Gasteiger partial charge in [-0.25, -0.2) is 4.79 Å². The number of urea groups is 1. The Balaban J connectivity index is 1.96. The van der Waals surface area contributed by atoms with E-state index in [4.69, 9.17) is 0 Å². The fourth-order valence-electron chi connectivity index (χ4n) is 4.29. The highest BCUT2D eigenvalue weighted by molar-refractivity contribution is 6.01. The van der Waals surface area contributed by atoms with E-state index in [1.165, 1.54) is 4.90 Å². The second kappa shape index (κ2) is 12.7. The highest BCUT2D eigenvalue weighted by Gasteiger charge is 2.37. The topological polar surface area (TPSA) is 82.2 Å². The Morgan fingerprint density at radius 2 is 1.71 bits per heavy atom. The molecule has 0 saturated carbocycles. The molecule has 35 heavy (non-hydrogen) atoms. The van der Waals surface area contributed by atoms with Gasteiger partial charge in [0.15, 0.2) is 6.17 Å². The van der Waals surface area contributed by atoms with Crippen molar-refractivity contribution in [1.82, 2.24) is 14.9 Å². The number of anilines is 2. The van der Waals surface area contributed by atoms with Crippen LogP contribution in [0.1, 0.15) is 39.7 Å². The van der Waals surface area contributed by atoms with E-state index in [2.05, 4.69) is 37.9 Å². The van der Waals surface area contributed by atoms with Gasteiger partial charge in [-0.1, -0.05) is 64.1 Å². The van der Waals surface area contributed by atoms with E-state index in [-0.39, 0.29) is 19.0 Å². The Labute approximate surface area is 209 Å². The van der Waals surface area contributed by atoms with E-state index in [1.807, 2.05) is 42.5 Å². The smallest absolute Gasteiger partial charge is 0.323 e. The summed E-state index contributed by atoms with van der Waals surface area (Å²) < 4.78 is 0. The minimum atomic E-state index is -1.26. The quantitative estimate of drug-likeness (QED) is 0.538. The number of carbonyl (C=O) groups excluding carboxylic acids is 2. The molecule has 8 heteroatoms. The average molecular weight is 481 g/mol. The van der Waals surface area contributed by atoms with E-state index in [9.17, 15) is 14.8 Å². The van der Waals surface area contributed by atoms with Gasteiger partial charge < -0.3 is 25.4 Å². The molecule has 3 amide bonds. The van der Waals surface area contributed by atoms with Crippen LogP contribution in [0.3, 0.4) is 0 Å². The summed E-state index contributed by atoms with van der Waals surface area (Å²) in [7, 11) is 0. The van der Waals surface area contributed by atoms with E-state index in [1.54, 1.807) is 17.0 Å². The summed E-state index contributed by atoms with van der Waals surface area (Å²) in [6, 6.07) is 16.2. The first-order chi connectivity index (χ1) is 16.8. The zero-order chi connectivity index (χ0) is 25.4. The predicted octanol–water partition coefficient (Wildman–Crippen LogP) is 4.58. The molecule has 190 valence electrons. The van der Waals surface area contributed by atoms with Gasteiger partial charge in [0, 0.05) is 37.6 Å². The normalized spacial score (nSPS) is 16.4. The van der Waals surface area contributed by atoms with Gasteiger partial charge in [-0.2, -0.15) is 0 Å². The van der Waals surface area contributed by atoms with Crippen molar-refractivity contribution in [1.29, 1.82) is 0 Å². The van der Waals surface area contributed by atoms with Crippen molar-refractivity contribution < 1.29 is 9.59 Å². The molecular formula is C27H38N5O3-. The van der Waals surface area contributed by atoms with Gasteiger partial charge >= 0.3 is 6.03 Å². The van der Waals surface area contributed by atoms with Crippen LogP contribution in [0.15, 0.2) is 54.6 Å². The molecule has 1 unspecified atom stereocenters. The highest BCUT2D eigenvalue weighted by Crippen LogP contribution is 2.29. The fourth-order valence-corrected chi connectivity index (χ4v) is 4.29. The van der Waals surface area contributed by atoms with Gasteiger partial charge in [-0.3, -0.25) is 9.69 Å². The Morgan fingerprint density at radius 1 is 1.06 bits per heavy atom. The van der Waals surface area contributed by atoms with Crippen LogP contribution in [-0.4, -0.2) is 65.7 Å². The van der Waals surface area contributed by atoms with Crippen LogP contribution in [0.25, 0.3) is 0 Å². The van der Waals surface area contributed by atoms with Crippen LogP contribution < -0.4 is 10.2 Å². The molecule has 1 aliphatic rings. The molecule has 0 spiro atoms. The molecule has 0 saturated heterocycles. The SMILES string of the molecule is CCN(CC)CCN(C(=O)Nc1ccccc1)C1C(=O)N(CCC(C)C)c2ccccc2CN1[O-]. The minimum Gasteiger partial charge on any atom is -0.783 e. The number of carbonyl (C=O) groups is 2. The van der Waals surface area contributed by atoms with Crippen molar-refractivity contribution in [2.45, 2.75) is 46.8 Å². The second-order valence-corrected chi connectivity index (χ2v) is 9.27. The number of hydrogen-bond donors (Lipinski definition) is 1. The van der Waals surface area contributed by atoms with Crippen LogP contribution in [0.5, 0.6) is 0 Å². The van der Waals surface area contributed by atoms with E-state index in [0.717, 1.165) is 35.8 Å². The lowest BCUT2D eigenvalue weighted by atomic mass is 10.1. The largest absolute Gasteiger partial charge is 0.783 e. The number of fused-ring (bicyclic) bond motifs is 1. The molecule has 0 fully saturated rings. The van der Waals surface area contributed by atoms with Gasteiger partial charge in [-0.15, -0.1) is 0 Å². The number of para-hydroxylation sites is 2. The number of nitrogens with zero attached hydrogens (tertiary/aromatic N) is 4. The van der Waals surface area contributed by atoms with Crippen molar-refractivity contribution in [2.75, 3.05) is 42.9 Å². The molecule has 0 bridgehead atoms. The van der Waals surface area contributed by atoms with E-state index in [0.29, 0.717) is 24.7 Å². The molecule has 0 aliphatic carbocycles. The maximum atomic E-state index is 14.0. The first-order valence-electron chi connectivity index (χ1n) is 12.5. The van der Waals surface area contributed by atoms with E-state index >= 15 is 0 Å². The summed E-state index contributed by atoms with van der Waals surface area (Å²) in [4.78, 5) is 32.7. The lowest BCUT2D eigenvalue weighted by Crippen LogP contribution is -2.59. The predicted molar refractivity (Wildman–Crippen MR) is 141 cm³/mol. The Kier molecular flexibility index (Phi) is 9.65. The highest BCUT2D eigenvalue weighted by atomic mass is 16.5. The molecule has 2 aromatic rings. The van der Waals surface area contributed by atoms with Gasteiger partial charge in [0.05, 0.1) is 0 Å². The number of benzene rings is 2. The van der Waals surface area contributed by atoms with Crippen molar-refractivity contribution in [3.05, 3.63) is 65.4 Å². The summed E-state index contributed by atoms with van der Waals surface area (Å²) >= 11 is 0. The van der Waals surface area contributed by atoms with Crippen molar-refractivity contribution >= 4 is 23.3 Å². The molecule has 1 N–H and O–H groups in total. The average Bonchev–Trinajstić information content (AvgIpc) is 2.94. The summed E-state index contributed by atoms with van der Waals surface area (Å²) in [6.45, 7) is 11.3. The van der Waals surface area contributed by atoms with Gasteiger partial charge in [0.1, 0.15) is 0 Å². The lowest BCUT2D eigenvalue weighted by molar-refractivity contribution is -0.127. The standard InChI is InChI=1S/C27H38N5O3/c1-5-29(6-2)18-19-31(27(34)28-23-13-8-7-9-14-23)25-26(33)30(17-16-21(3)4)24-15-11-10-12-22(24)20-32(25)35/h7-15,21,25H,5-6,16-20H2,1-4H3,(H,28,34)/q-1. The van der Waals surface area contributed by atoms with Crippen LogP contribution in [0.2, 0.25) is 0 Å². The molecule has 8 nitrogen and oxygen atoms in total. The number of hydroxylamine groups is 2. The number of hydrogen-bond acceptors (Lipinski definition) is 5. The molecule has 1 aliphatic heterocycles. The third kappa shape index (κ3) is 6.81. The number of amides is 3. The third-order valence-electron chi connectivity index (χ3n) is 6.43. The number of nitrogens with one attached hydrogen (secondary N) is 1. The molecule has 2 aromatic carbocycles. The maximum absolute atomic E-state index is 14.0.